The van der Waals surface area contributed by atoms with Gasteiger partial charge < -0.3 is 19.4 Å². The lowest BCUT2D eigenvalue weighted by Gasteiger charge is -2.22. The predicted molar refractivity (Wildman–Crippen MR) is 101 cm³/mol. The highest BCUT2D eigenvalue weighted by Crippen LogP contribution is 2.38. The zero-order chi connectivity index (χ0) is 23.3. The van der Waals surface area contributed by atoms with Crippen molar-refractivity contribution in [2.75, 3.05) is 7.11 Å². The quantitative estimate of drug-likeness (QED) is 0.197. The van der Waals surface area contributed by atoms with E-state index in [1.54, 1.807) is 0 Å². The summed E-state index contributed by atoms with van der Waals surface area (Å²) in [5, 5.41) is 20.4. The summed E-state index contributed by atoms with van der Waals surface area (Å²) in [5.74, 6) is 2.07. The number of methoxy groups -OCH3 is 1. The number of ether oxygens (including phenoxy) is 2. The van der Waals surface area contributed by atoms with Gasteiger partial charge in [-0.3, -0.25) is 10.1 Å². The maximum atomic E-state index is 12.8. The summed E-state index contributed by atoms with van der Waals surface area (Å²) in [7, 11) is 1.06. The minimum atomic E-state index is -4.66. The molecule has 166 valence electrons. The summed E-state index contributed by atoms with van der Waals surface area (Å²) in [4.78, 5) is 26.6. The molecule has 2 rings (SSSR count). The number of para-hydroxylation sites is 1. The van der Waals surface area contributed by atoms with E-state index in [9.17, 15) is 33.2 Å². The van der Waals surface area contributed by atoms with E-state index in [4.69, 9.17) is 27.0 Å². The Morgan fingerprint density at radius 3 is 2.39 bits per heavy atom. The molecule has 1 unspecified atom stereocenters. The molecule has 3 N–H and O–H groups in total. The Morgan fingerprint density at radius 1 is 1.26 bits per heavy atom. The summed E-state index contributed by atoms with van der Waals surface area (Å²) in [6.07, 6.45) is -6.38. The van der Waals surface area contributed by atoms with Crippen LogP contribution in [0.4, 0.5) is 18.9 Å². The summed E-state index contributed by atoms with van der Waals surface area (Å²) >= 11 is 5.87. The number of rotatable bonds is 8. The molecule has 0 bridgehead atoms. The van der Waals surface area contributed by atoms with E-state index in [0.717, 1.165) is 19.2 Å². The van der Waals surface area contributed by atoms with Crippen molar-refractivity contribution in [3.8, 4) is 5.75 Å². The van der Waals surface area contributed by atoms with Gasteiger partial charge in [-0.15, -0.1) is 0 Å². The maximum Gasteiger partial charge on any atom is 0.416 e. The van der Waals surface area contributed by atoms with Gasteiger partial charge in [-0.2, -0.15) is 19.1 Å². The molecule has 0 aliphatic carbocycles. The van der Waals surface area contributed by atoms with E-state index in [1.165, 1.54) is 18.2 Å². The molecular formula is C18H14ClF3N2O7. The third-order valence-corrected chi connectivity index (χ3v) is 4.19. The standard InChI is InChI=1S/C18H14ClF3N2O7/c1-29-17(30-13-7-6-9(8-11(13)19)18(20,21)22)14(15(31-23)16(25)26)10-4-2-3-5-12(10)24(27)28/h2-8,17H,23H2,1H3,(H,25,26). The van der Waals surface area contributed by atoms with Crippen LogP contribution in [0.1, 0.15) is 11.1 Å². The topological polar surface area (TPSA) is 134 Å². The lowest BCUT2D eigenvalue weighted by molar-refractivity contribution is -0.385. The monoisotopic (exact) mass is 462 g/mol. The van der Waals surface area contributed by atoms with Crippen LogP contribution >= 0.6 is 11.6 Å². The molecule has 0 fully saturated rings. The van der Waals surface area contributed by atoms with E-state index in [-0.39, 0.29) is 11.3 Å². The summed E-state index contributed by atoms with van der Waals surface area (Å²) in [5.41, 5.74) is -2.35. The second-order valence-corrected chi connectivity index (χ2v) is 6.18. The average molecular weight is 463 g/mol. The molecule has 2 aromatic rings. The van der Waals surface area contributed by atoms with Crippen LogP contribution in [0.15, 0.2) is 48.2 Å². The van der Waals surface area contributed by atoms with Gasteiger partial charge in [-0.1, -0.05) is 23.7 Å². The minimum absolute atomic E-state index is 0.273. The van der Waals surface area contributed by atoms with Crippen molar-refractivity contribution in [1.29, 1.82) is 0 Å². The normalized spacial score (nSPS) is 13.2. The van der Waals surface area contributed by atoms with Gasteiger partial charge in [0.05, 0.1) is 26.6 Å². The second kappa shape index (κ2) is 9.64. The molecule has 0 aliphatic rings. The molecule has 13 heteroatoms. The number of hydrogen-bond donors (Lipinski definition) is 2. The van der Waals surface area contributed by atoms with Crippen LogP contribution in [0.2, 0.25) is 5.02 Å². The Morgan fingerprint density at radius 2 is 1.90 bits per heavy atom. The van der Waals surface area contributed by atoms with Gasteiger partial charge in [-0.25, -0.2) is 4.79 Å². The first-order valence-electron chi connectivity index (χ1n) is 8.15. The Kier molecular flexibility index (Phi) is 7.44. The number of halogens is 4. The van der Waals surface area contributed by atoms with Crippen molar-refractivity contribution in [2.45, 2.75) is 12.5 Å². The van der Waals surface area contributed by atoms with Gasteiger partial charge in [-0.05, 0) is 24.3 Å². The molecule has 2 aromatic carbocycles. The molecular weight excluding hydrogens is 449 g/mol. The number of nitrogens with zero attached hydrogens (tertiary/aromatic N) is 1. The van der Waals surface area contributed by atoms with Crippen molar-refractivity contribution in [3.63, 3.8) is 0 Å². The highest BCUT2D eigenvalue weighted by atomic mass is 35.5. The number of benzene rings is 2. The fourth-order valence-electron chi connectivity index (χ4n) is 2.56. The average Bonchev–Trinajstić information content (AvgIpc) is 2.70. The molecule has 0 spiro atoms. The van der Waals surface area contributed by atoms with Crippen molar-refractivity contribution in [3.05, 3.63) is 74.5 Å². The molecule has 0 aliphatic heterocycles. The SMILES string of the molecule is COC(Oc1ccc(C(F)(F)F)cc1Cl)C(=C(ON)C(=O)O)c1ccccc1[N+](=O)[O-]. The fraction of sp³-hybridized carbons (Fsp3) is 0.167. The van der Waals surface area contributed by atoms with Gasteiger partial charge in [0.25, 0.3) is 5.69 Å². The van der Waals surface area contributed by atoms with Crippen LogP contribution < -0.4 is 10.6 Å². The van der Waals surface area contributed by atoms with Crippen molar-refractivity contribution in [2.24, 2.45) is 5.90 Å². The molecule has 9 nitrogen and oxygen atoms in total. The van der Waals surface area contributed by atoms with E-state index >= 15 is 0 Å². The van der Waals surface area contributed by atoms with E-state index in [1.807, 2.05) is 0 Å². The highest BCUT2D eigenvalue weighted by Gasteiger charge is 2.34. The van der Waals surface area contributed by atoms with Gasteiger partial charge in [0.15, 0.2) is 0 Å². The first-order chi connectivity index (χ1) is 14.5. The molecule has 31 heavy (non-hydrogen) atoms. The Labute approximate surface area is 177 Å². The Balaban J connectivity index is 2.64. The first kappa shape index (κ1) is 23.9. The number of aliphatic carboxylic acids is 1. The number of nitro groups is 1. The highest BCUT2D eigenvalue weighted by molar-refractivity contribution is 6.32. The predicted octanol–water partition coefficient (Wildman–Crippen LogP) is 4.00. The molecule has 1 atom stereocenters. The lowest BCUT2D eigenvalue weighted by Crippen LogP contribution is -2.26. The summed E-state index contributed by atoms with van der Waals surface area (Å²) in [6, 6.07) is 7.14. The fourth-order valence-corrected chi connectivity index (χ4v) is 2.78. The number of carboxylic acid groups (broad SMARTS) is 1. The number of hydrogen-bond acceptors (Lipinski definition) is 7. The molecule has 0 saturated heterocycles. The van der Waals surface area contributed by atoms with Gasteiger partial charge in [0.2, 0.25) is 12.0 Å². The number of carbonyl (C=O) groups is 1. The van der Waals surface area contributed by atoms with E-state index in [0.29, 0.717) is 12.1 Å². The zero-order valence-corrected chi connectivity index (χ0v) is 16.3. The van der Waals surface area contributed by atoms with Crippen molar-refractivity contribution < 1.29 is 42.3 Å². The molecule has 0 amide bonds. The van der Waals surface area contributed by atoms with Crippen LogP contribution in [0.5, 0.6) is 5.75 Å². The number of nitrogens with two attached hydrogens (primary N) is 1. The first-order valence-corrected chi connectivity index (χ1v) is 8.53. The Hall–Kier alpha value is -3.35. The van der Waals surface area contributed by atoms with E-state index in [2.05, 4.69) is 4.84 Å². The van der Waals surface area contributed by atoms with Crippen molar-refractivity contribution >= 4 is 28.8 Å². The second-order valence-electron chi connectivity index (χ2n) is 5.77. The zero-order valence-electron chi connectivity index (χ0n) is 15.6. The van der Waals surface area contributed by atoms with Crippen LogP contribution in [-0.2, 0) is 20.5 Å². The maximum absolute atomic E-state index is 12.8. The minimum Gasteiger partial charge on any atom is -0.475 e. The van der Waals surface area contributed by atoms with Gasteiger partial charge in [0.1, 0.15) is 5.75 Å². The lowest BCUT2D eigenvalue weighted by atomic mass is 10.0. The number of nitro benzene ring substituents is 1. The smallest absolute Gasteiger partial charge is 0.416 e. The summed E-state index contributed by atoms with van der Waals surface area (Å²) in [6.45, 7) is 0. The third-order valence-electron chi connectivity index (χ3n) is 3.89. The summed E-state index contributed by atoms with van der Waals surface area (Å²) < 4.78 is 49.1. The molecule has 0 aromatic heterocycles. The van der Waals surface area contributed by atoms with Crippen molar-refractivity contribution in [1.82, 2.24) is 0 Å². The van der Waals surface area contributed by atoms with Gasteiger partial charge >= 0.3 is 12.1 Å². The number of carboxylic acids is 1. The molecule has 0 saturated carbocycles. The Bertz CT molecular complexity index is 1030. The molecule has 0 radical (unpaired) electrons. The number of alkyl halides is 3. The van der Waals surface area contributed by atoms with Gasteiger partial charge in [0, 0.05) is 13.2 Å². The largest absolute Gasteiger partial charge is 0.475 e. The van der Waals surface area contributed by atoms with Crippen LogP contribution in [0.3, 0.4) is 0 Å². The van der Waals surface area contributed by atoms with E-state index < -0.39 is 51.0 Å². The molecule has 0 heterocycles. The van der Waals surface area contributed by atoms with Crippen LogP contribution in [0, 0.1) is 10.1 Å². The third kappa shape index (κ3) is 5.42. The van der Waals surface area contributed by atoms with Crippen LogP contribution in [0.25, 0.3) is 5.57 Å². The van der Waals surface area contributed by atoms with Crippen LogP contribution in [-0.4, -0.2) is 29.4 Å².